The number of ether oxygens (including phenoxy) is 2. The molecule has 8 nitrogen and oxygen atoms in total. The number of hydrogen-bond donors (Lipinski definition) is 2. The molecule has 0 aliphatic carbocycles. The molecule has 0 radical (unpaired) electrons. The molecular formula is C21H23F2N5O3. The van der Waals surface area contributed by atoms with E-state index < -0.39 is 17.0 Å². The Morgan fingerprint density at radius 1 is 1.23 bits per heavy atom. The fourth-order valence-corrected chi connectivity index (χ4v) is 3.85. The first kappa shape index (κ1) is 21.0. The first-order valence-corrected chi connectivity index (χ1v) is 9.74. The maximum absolute atomic E-state index is 14.9. The molecule has 3 heterocycles. The summed E-state index contributed by atoms with van der Waals surface area (Å²) in [4.78, 5) is 4.49. The van der Waals surface area contributed by atoms with Gasteiger partial charge in [-0.25, -0.2) is 13.8 Å². The number of nitrogens with one attached hydrogen (secondary N) is 1. The third-order valence-electron chi connectivity index (χ3n) is 5.69. The summed E-state index contributed by atoms with van der Waals surface area (Å²) in [6.07, 6.45) is 5.71. The van der Waals surface area contributed by atoms with Crippen LogP contribution in [0.4, 0.5) is 8.78 Å². The van der Waals surface area contributed by atoms with E-state index in [4.69, 9.17) is 14.6 Å². The molecule has 2 aromatic rings. The van der Waals surface area contributed by atoms with Crippen molar-refractivity contribution in [3.63, 3.8) is 0 Å². The molecule has 0 amide bonds. The third-order valence-corrected chi connectivity index (χ3v) is 5.69. The number of fused-ring (bicyclic) bond motifs is 1. The molecule has 0 saturated carbocycles. The van der Waals surface area contributed by atoms with Crippen molar-refractivity contribution in [2.45, 2.75) is 26.3 Å². The number of methoxy groups -OCH3 is 2. The van der Waals surface area contributed by atoms with Gasteiger partial charge in [-0.15, -0.1) is 0 Å². The molecule has 0 saturated heterocycles. The maximum Gasteiger partial charge on any atom is 0.171 e. The minimum absolute atomic E-state index is 0.0119. The SMILES string of the molecule is COc1cc(OC)c(F)c(CC2=NNC3=NC=C(c4cnn(CCO)c4)CC23C)c1F. The van der Waals surface area contributed by atoms with E-state index in [9.17, 15) is 8.78 Å². The standard InChI is InChI=1S/C21H23F2N5O3/c1-21-8-12(13-10-25-28(11-13)4-5-29)9-24-20(21)27-26-17(21)6-14-18(22)15(30-2)7-16(31-3)19(14)23/h7,9-11,29H,4-6,8H2,1-3H3,(H,24,27). The van der Waals surface area contributed by atoms with Crippen LogP contribution >= 0.6 is 0 Å². The second-order valence-corrected chi connectivity index (χ2v) is 7.59. The lowest BCUT2D eigenvalue weighted by molar-refractivity contribution is 0.269. The van der Waals surface area contributed by atoms with Gasteiger partial charge < -0.3 is 14.6 Å². The number of nitrogens with zero attached hydrogens (tertiary/aromatic N) is 4. The summed E-state index contributed by atoms with van der Waals surface area (Å²) in [6, 6.07) is 1.18. The number of halogens is 2. The largest absolute Gasteiger partial charge is 0.494 e. The number of aliphatic imine (C=N–C) groups is 1. The minimum atomic E-state index is -0.783. The number of aliphatic hydroxyl groups is 1. The van der Waals surface area contributed by atoms with Crippen LogP contribution in [0.25, 0.3) is 5.57 Å². The quantitative estimate of drug-likeness (QED) is 0.703. The Kier molecular flexibility index (Phi) is 5.48. The molecule has 1 unspecified atom stereocenters. The Bertz CT molecular complexity index is 1080. The predicted octanol–water partition coefficient (Wildman–Crippen LogP) is 2.52. The van der Waals surface area contributed by atoms with Gasteiger partial charge in [0, 0.05) is 36.0 Å². The molecule has 0 spiro atoms. The fraction of sp³-hybridized carbons (Fsp3) is 0.381. The monoisotopic (exact) mass is 431 g/mol. The highest BCUT2D eigenvalue weighted by molar-refractivity contribution is 6.16. The fourth-order valence-electron chi connectivity index (χ4n) is 3.85. The van der Waals surface area contributed by atoms with Crippen LogP contribution < -0.4 is 14.9 Å². The highest BCUT2D eigenvalue weighted by atomic mass is 19.1. The van der Waals surface area contributed by atoms with E-state index in [0.717, 1.165) is 11.1 Å². The van der Waals surface area contributed by atoms with E-state index in [0.29, 0.717) is 24.5 Å². The van der Waals surface area contributed by atoms with E-state index in [-0.39, 0.29) is 30.1 Å². The normalized spacial score (nSPS) is 19.9. The van der Waals surface area contributed by atoms with Gasteiger partial charge in [0.05, 0.1) is 44.7 Å². The number of amidine groups is 1. The van der Waals surface area contributed by atoms with Gasteiger partial charge in [0.15, 0.2) is 23.1 Å². The number of allylic oxidation sites excluding steroid dienone is 1. The molecule has 1 atom stereocenters. The van der Waals surface area contributed by atoms with E-state index in [1.807, 2.05) is 13.1 Å². The molecule has 1 aromatic heterocycles. The van der Waals surface area contributed by atoms with Gasteiger partial charge >= 0.3 is 0 Å². The van der Waals surface area contributed by atoms with E-state index in [2.05, 4.69) is 20.6 Å². The van der Waals surface area contributed by atoms with Crippen LogP contribution in [0.5, 0.6) is 11.5 Å². The number of aromatic nitrogens is 2. The molecule has 0 fully saturated rings. The Morgan fingerprint density at radius 3 is 2.58 bits per heavy atom. The van der Waals surface area contributed by atoms with Crippen LogP contribution in [0.1, 0.15) is 24.5 Å². The first-order valence-electron chi connectivity index (χ1n) is 9.74. The number of aliphatic hydroxyl groups excluding tert-OH is 1. The van der Waals surface area contributed by atoms with Crippen molar-refractivity contribution >= 4 is 17.1 Å². The summed E-state index contributed by atoms with van der Waals surface area (Å²) >= 11 is 0. The van der Waals surface area contributed by atoms with Crippen molar-refractivity contribution in [1.29, 1.82) is 0 Å². The van der Waals surface area contributed by atoms with E-state index in [1.165, 1.54) is 20.3 Å². The van der Waals surface area contributed by atoms with Crippen LogP contribution in [0.2, 0.25) is 0 Å². The molecule has 2 N–H and O–H groups in total. The molecule has 2 aliphatic rings. The molecular weight excluding hydrogens is 408 g/mol. The van der Waals surface area contributed by atoms with Gasteiger partial charge in [0.1, 0.15) is 5.84 Å². The average Bonchev–Trinajstić information content (AvgIpc) is 3.35. The third kappa shape index (κ3) is 3.56. The zero-order valence-electron chi connectivity index (χ0n) is 17.4. The molecule has 31 heavy (non-hydrogen) atoms. The van der Waals surface area contributed by atoms with E-state index >= 15 is 0 Å². The second kappa shape index (κ2) is 8.10. The molecule has 4 rings (SSSR count). The highest BCUT2D eigenvalue weighted by Gasteiger charge is 2.44. The van der Waals surface area contributed by atoms with Crippen LogP contribution in [-0.2, 0) is 13.0 Å². The molecule has 164 valence electrons. The Labute approximate surface area is 177 Å². The van der Waals surface area contributed by atoms with Crippen molar-refractivity contribution < 1.29 is 23.4 Å². The Morgan fingerprint density at radius 2 is 1.94 bits per heavy atom. The van der Waals surface area contributed by atoms with Crippen LogP contribution in [0.15, 0.2) is 34.8 Å². The Hall–Kier alpha value is -3.27. The van der Waals surface area contributed by atoms with Crippen LogP contribution in [0.3, 0.4) is 0 Å². The molecule has 1 aromatic carbocycles. The zero-order chi connectivity index (χ0) is 22.2. The van der Waals surface area contributed by atoms with Crippen molar-refractivity contribution in [2.24, 2.45) is 15.5 Å². The van der Waals surface area contributed by atoms with Crippen molar-refractivity contribution in [2.75, 3.05) is 20.8 Å². The van der Waals surface area contributed by atoms with Crippen molar-refractivity contribution in [3.8, 4) is 11.5 Å². The lowest BCUT2D eigenvalue weighted by Gasteiger charge is -2.29. The predicted molar refractivity (Wildman–Crippen MR) is 111 cm³/mol. The number of hydrogen-bond acceptors (Lipinski definition) is 7. The summed E-state index contributed by atoms with van der Waals surface area (Å²) in [5.74, 6) is -1.15. The van der Waals surface area contributed by atoms with Gasteiger partial charge in [-0.3, -0.25) is 10.1 Å². The van der Waals surface area contributed by atoms with Gasteiger partial charge in [-0.2, -0.15) is 10.2 Å². The lowest BCUT2D eigenvalue weighted by atomic mass is 9.74. The second-order valence-electron chi connectivity index (χ2n) is 7.59. The summed E-state index contributed by atoms with van der Waals surface area (Å²) in [5.41, 5.74) is 4.38. The first-order chi connectivity index (χ1) is 14.9. The lowest BCUT2D eigenvalue weighted by Crippen LogP contribution is -2.38. The van der Waals surface area contributed by atoms with Gasteiger partial charge in [-0.1, -0.05) is 0 Å². The van der Waals surface area contributed by atoms with E-state index in [1.54, 1.807) is 17.1 Å². The number of rotatable bonds is 7. The Balaban J connectivity index is 1.64. The van der Waals surface area contributed by atoms with Crippen molar-refractivity contribution in [1.82, 2.24) is 15.2 Å². The summed E-state index contributed by atoms with van der Waals surface area (Å²) in [6.45, 7) is 2.31. The van der Waals surface area contributed by atoms with Crippen LogP contribution in [0, 0.1) is 17.0 Å². The summed E-state index contributed by atoms with van der Waals surface area (Å²) < 4.78 is 41.5. The van der Waals surface area contributed by atoms with Gasteiger partial charge in [0.2, 0.25) is 0 Å². The van der Waals surface area contributed by atoms with Crippen molar-refractivity contribution in [3.05, 3.63) is 47.4 Å². The van der Waals surface area contributed by atoms with Crippen LogP contribution in [-0.4, -0.2) is 47.3 Å². The molecule has 2 aliphatic heterocycles. The molecule has 10 heteroatoms. The number of hydrazone groups is 1. The highest BCUT2D eigenvalue weighted by Crippen LogP contribution is 2.41. The smallest absolute Gasteiger partial charge is 0.171 e. The summed E-state index contributed by atoms with van der Waals surface area (Å²) in [5, 5.41) is 17.7. The minimum Gasteiger partial charge on any atom is -0.494 e. The molecule has 0 bridgehead atoms. The topological polar surface area (TPSA) is 93.3 Å². The average molecular weight is 431 g/mol. The van der Waals surface area contributed by atoms with Gasteiger partial charge in [0.25, 0.3) is 0 Å². The number of benzene rings is 1. The summed E-state index contributed by atoms with van der Waals surface area (Å²) in [7, 11) is 2.63. The zero-order valence-corrected chi connectivity index (χ0v) is 17.4. The maximum atomic E-state index is 14.9. The van der Waals surface area contributed by atoms with Gasteiger partial charge in [-0.05, 0) is 18.9 Å².